The predicted octanol–water partition coefficient (Wildman–Crippen LogP) is 0.684. The molecular weight excluding hydrogens is 246 g/mol. The van der Waals surface area contributed by atoms with Crippen LogP contribution in [0, 0.1) is 0 Å². The number of carbonyl (C=O) groups is 2. The molecule has 0 unspecified atom stereocenters. The molecule has 90 valence electrons. The van der Waals surface area contributed by atoms with Gasteiger partial charge in [0, 0.05) is 13.1 Å². The minimum atomic E-state index is -0.829. The summed E-state index contributed by atoms with van der Waals surface area (Å²) in [5.74, 6) is -0.404. The van der Waals surface area contributed by atoms with Gasteiger partial charge >= 0.3 is 6.03 Å². The summed E-state index contributed by atoms with van der Waals surface area (Å²) in [7, 11) is 0. The van der Waals surface area contributed by atoms with E-state index in [0.29, 0.717) is 4.32 Å². The van der Waals surface area contributed by atoms with Crippen molar-refractivity contribution in [3.05, 3.63) is 0 Å². The lowest BCUT2D eigenvalue weighted by molar-refractivity contribution is -0.119. The molecule has 0 aromatic carbocycles. The van der Waals surface area contributed by atoms with Gasteiger partial charge in [-0.2, -0.15) is 0 Å². The van der Waals surface area contributed by atoms with Crippen LogP contribution in [-0.4, -0.2) is 39.5 Å². The molecule has 0 radical (unpaired) electrons. The zero-order valence-corrected chi connectivity index (χ0v) is 10.7. The second-order valence-electron chi connectivity index (χ2n) is 3.57. The lowest BCUT2D eigenvalue weighted by Crippen LogP contribution is -2.40. The van der Waals surface area contributed by atoms with Crippen LogP contribution in [0.3, 0.4) is 0 Å². The molecular formula is C9H15N3O2S2. The van der Waals surface area contributed by atoms with Crippen LogP contribution in [0.15, 0.2) is 0 Å². The first kappa shape index (κ1) is 13.2. The summed E-state index contributed by atoms with van der Waals surface area (Å²) in [6, 6.07) is -0.829. The van der Waals surface area contributed by atoms with Gasteiger partial charge in [-0.3, -0.25) is 10.1 Å². The van der Waals surface area contributed by atoms with Crippen LogP contribution < -0.4 is 11.1 Å². The van der Waals surface area contributed by atoms with Crippen molar-refractivity contribution in [3.8, 4) is 0 Å². The van der Waals surface area contributed by atoms with Gasteiger partial charge in [0.1, 0.15) is 4.32 Å². The molecule has 5 nitrogen and oxygen atoms in total. The lowest BCUT2D eigenvalue weighted by atomic mass is 10.4. The molecule has 3 N–H and O–H groups in total. The number of urea groups is 1. The van der Waals surface area contributed by atoms with E-state index in [4.69, 9.17) is 18.0 Å². The fourth-order valence-electron chi connectivity index (χ4n) is 1.40. The van der Waals surface area contributed by atoms with Crippen molar-refractivity contribution in [3.63, 3.8) is 0 Å². The first-order chi connectivity index (χ1) is 7.50. The molecule has 0 aliphatic carbocycles. The molecule has 0 saturated carbocycles. The number of rotatable bonds is 2. The van der Waals surface area contributed by atoms with E-state index in [-0.39, 0.29) is 0 Å². The maximum atomic E-state index is 11.4. The summed E-state index contributed by atoms with van der Waals surface area (Å²) in [4.78, 5) is 24.0. The summed E-state index contributed by atoms with van der Waals surface area (Å²) >= 11 is 6.50. The molecule has 1 aliphatic heterocycles. The van der Waals surface area contributed by atoms with Gasteiger partial charge in [-0.1, -0.05) is 24.0 Å². The van der Waals surface area contributed by atoms with E-state index in [1.165, 1.54) is 11.8 Å². The molecule has 1 fully saturated rings. The summed E-state index contributed by atoms with van der Waals surface area (Å²) in [5, 5.41) is 1.64. The lowest BCUT2D eigenvalue weighted by Gasteiger charge is -2.19. The Bertz CT molecular complexity index is 303. The standard InChI is InChI=1S/C9H15N3O2S2/c1-6(7(13)11-8(10)14)16-9(15)12-4-2-3-5-12/h6H,2-5H2,1H3,(H3,10,11,13,14)/t6-/m0/s1. The normalized spacial score (nSPS) is 16.9. The number of nitrogens with two attached hydrogens (primary N) is 1. The van der Waals surface area contributed by atoms with Crippen molar-refractivity contribution in [1.82, 2.24) is 10.2 Å². The zero-order chi connectivity index (χ0) is 12.1. The van der Waals surface area contributed by atoms with Crippen molar-refractivity contribution >= 4 is 40.2 Å². The molecule has 3 amide bonds. The Morgan fingerprint density at radius 2 is 2.00 bits per heavy atom. The van der Waals surface area contributed by atoms with E-state index in [1.54, 1.807) is 6.92 Å². The molecule has 1 aliphatic rings. The molecule has 7 heteroatoms. The number of thiocarbonyl (C=S) groups is 1. The first-order valence-electron chi connectivity index (χ1n) is 5.06. The topological polar surface area (TPSA) is 75.4 Å². The Kier molecular flexibility index (Phi) is 5.01. The number of imide groups is 1. The van der Waals surface area contributed by atoms with E-state index in [9.17, 15) is 9.59 Å². The smallest absolute Gasteiger partial charge is 0.318 e. The van der Waals surface area contributed by atoms with Gasteiger partial charge in [0.05, 0.1) is 5.25 Å². The van der Waals surface area contributed by atoms with Crippen molar-refractivity contribution in [2.24, 2.45) is 5.73 Å². The molecule has 0 bridgehead atoms. The van der Waals surface area contributed by atoms with Crippen LogP contribution in [0.1, 0.15) is 19.8 Å². The highest BCUT2D eigenvalue weighted by atomic mass is 32.2. The average molecular weight is 261 g/mol. The van der Waals surface area contributed by atoms with Crippen LogP contribution >= 0.6 is 24.0 Å². The Hall–Kier alpha value is -0.820. The highest BCUT2D eigenvalue weighted by Gasteiger charge is 2.21. The molecule has 1 atom stereocenters. The SMILES string of the molecule is C[C@H](SC(=S)N1CCCC1)C(=O)NC(N)=O. The molecule has 16 heavy (non-hydrogen) atoms. The molecule has 0 aromatic heterocycles. The van der Waals surface area contributed by atoms with E-state index in [2.05, 4.69) is 4.90 Å². The van der Waals surface area contributed by atoms with Crippen LogP contribution in [0.5, 0.6) is 0 Å². The van der Waals surface area contributed by atoms with Crippen molar-refractivity contribution < 1.29 is 9.59 Å². The summed E-state index contributed by atoms with van der Waals surface area (Å²) in [6.07, 6.45) is 2.28. The van der Waals surface area contributed by atoms with E-state index in [0.717, 1.165) is 25.9 Å². The van der Waals surface area contributed by atoms with Crippen molar-refractivity contribution in [2.45, 2.75) is 25.0 Å². The van der Waals surface area contributed by atoms with E-state index >= 15 is 0 Å². The Labute approximate surface area is 104 Å². The van der Waals surface area contributed by atoms with Gasteiger partial charge in [0.15, 0.2) is 0 Å². The quantitative estimate of drug-likeness (QED) is 0.715. The average Bonchev–Trinajstić information content (AvgIpc) is 2.68. The third kappa shape index (κ3) is 3.97. The fourth-order valence-corrected chi connectivity index (χ4v) is 2.82. The van der Waals surface area contributed by atoms with Crippen LogP contribution in [0.4, 0.5) is 4.79 Å². The predicted molar refractivity (Wildman–Crippen MR) is 68.2 cm³/mol. The molecule has 0 spiro atoms. The first-order valence-corrected chi connectivity index (χ1v) is 6.35. The molecule has 1 heterocycles. The maximum absolute atomic E-state index is 11.4. The zero-order valence-electron chi connectivity index (χ0n) is 9.06. The second-order valence-corrected chi connectivity index (χ2v) is 5.55. The number of nitrogens with one attached hydrogen (secondary N) is 1. The largest absolute Gasteiger partial charge is 0.358 e. The summed E-state index contributed by atoms with van der Waals surface area (Å²) in [6.45, 7) is 3.61. The number of thioether (sulfide) groups is 1. The van der Waals surface area contributed by atoms with Gasteiger partial charge in [0.2, 0.25) is 5.91 Å². The second kappa shape index (κ2) is 6.05. The number of amides is 3. The summed E-state index contributed by atoms with van der Waals surface area (Å²) in [5.41, 5.74) is 4.86. The number of carbonyl (C=O) groups excluding carboxylic acids is 2. The summed E-state index contributed by atoms with van der Waals surface area (Å²) < 4.78 is 0.713. The number of hydrogen-bond donors (Lipinski definition) is 2. The van der Waals surface area contributed by atoms with Crippen LogP contribution in [0.25, 0.3) is 0 Å². The van der Waals surface area contributed by atoms with Crippen LogP contribution in [-0.2, 0) is 4.79 Å². The van der Waals surface area contributed by atoms with Crippen molar-refractivity contribution in [2.75, 3.05) is 13.1 Å². The molecule has 1 rings (SSSR count). The van der Waals surface area contributed by atoms with Gasteiger partial charge in [0.25, 0.3) is 0 Å². The Morgan fingerprint density at radius 3 is 2.50 bits per heavy atom. The van der Waals surface area contributed by atoms with Crippen LogP contribution in [0.2, 0.25) is 0 Å². The minimum absolute atomic E-state index is 0.402. The van der Waals surface area contributed by atoms with Gasteiger partial charge < -0.3 is 10.6 Å². The molecule has 0 aromatic rings. The Balaban J connectivity index is 2.37. The maximum Gasteiger partial charge on any atom is 0.318 e. The highest BCUT2D eigenvalue weighted by molar-refractivity contribution is 8.23. The van der Waals surface area contributed by atoms with E-state index < -0.39 is 17.2 Å². The molecule has 1 saturated heterocycles. The van der Waals surface area contributed by atoms with Gasteiger partial charge in [-0.25, -0.2) is 4.79 Å². The third-order valence-corrected chi connectivity index (χ3v) is 3.83. The Morgan fingerprint density at radius 1 is 1.44 bits per heavy atom. The highest BCUT2D eigenvalue weighted by Crippen LogP contribution is 2.20. The van der Waals surface area contributed by atoms with Gasteiger partial charge in [-0.05, 0) is 19.8 Å². The third-order valence-electron chi connectivity index (χ3n) is 2.26. The fraction of sp³-hybridized carbons (Fsp3) is 0.667. The van der Waals surface area contributed by atoms with E-state index in [1.807, 2.05) is 5.32 Å². The van der Waals surface area contributed by atoms with Crippen molar-refractivity contribution in [1.29, 1.82) is 0 Å². The minimum Gasteiger partial charge on any atom is -0.358 e. The number of primary amides is 1. The number of nitrogens with zero attached hydrogens (tertiary/aromatic N) is 1. The monoisotopic (exact) mass is 261 g/mol. The van der Waals surface area contributed by atoms with Gasteiger partial charge in [-0.15, -0.1) is 0 Å². The number of hydrogen-bond acceptors (Lipinski definition) is 4. The number of likely N-dealkylation sites (tertiary alicyclic amines) is 1.